The Morgan fingerprint density at radius 2 is 1.80 bits per heavy atom. The Morgan fingerprint density at radius 1 is 1.25 bits per heavy atom. The van der Waals surface area contributed by atoms with Gasteiger partial charge in [0.05, 0.1) is 18.5 Å². The minimum Gasteiger partial charge on any atom is -0.354 e. The Bertz CT molecular complexity index is 570. The number of anilines is 1. The average Bonchev–Trinajstić information content (AvgIpc) is 2.31. The number of nitrogens with zero attached hydrogens (tertiary/aromatic N) is 1. The summed E-state index contributed by atoms with van der Waals surface area (Å²) < 4.78 is 24.8. The van der Waals surface area contributed by atoms with Crippen molar-refractivity contribution in [3.8, 4) is 0 Å². The van der Waals surface area contributed by atoms with Crippen LogP contribution in [-0.2, 0) is 14.8 Å². The molecule has 1 amide bonds. The smallest absolute Gasteiger partial charge is 0.232 e. The highest BCUT2D eigenvalue weighted by Crippen LogP contribution is 2.26. The predicted molar refractivity (Wildman–Crippen MR) is 82.0 cm³/mol. The van der Waals surface area contributed by atoms with Gasteiger partial charge in [0, 0.05) is 23.0 Å². The van der Waals surface area contributed by atoms with Gasteiger partial charge < -0.3 is 5.32 Å². The number of carbonyl (C=O) groups is 1. The summed E-state index contributed by atoms with van der Waals surface area (Å²) in [5.74, 6) is -0.137. The van der Waals surface area contributed by atoms with Crippen LogP contribution in [0.3, 0.4) is 0 Å². The van der Waals surface area contributed by atoms with Crippen LogP contribution in [0.25, 0.3) is 0 Å². The minimum absolute atomic E-state index is 0.112. The molecule has 0 heterocycles. The lowest BCUT2D eigenvalue weighted by Crippen LogP contribution is -2.38. The standard InChI is InChI=1S/C12H16Cl2N2O3S/c1-3-12(17)15-4-5-16(20(2,18)19)11-7-9(13)6-10(14)8-11/h6-8H,3-5H2,1-2H3,(H,15,17). The van der Waals surface area contributed by atoms with Crippen LogP contribution in [-0.4, -0.2) is 33.7 Å². The summed E-state index contributed by atoms with van der Waals surface area (Å²) in [7, 11) is -3.49. The second kappa shape index (κ2) is 7.15. The third kappa shape index (κ3) is 5.19. The van der Waals surface area contributed by atoms with Crippen LogP contribution in [0, 0.1) is 0 Å². The fraction of sp³-hybridized carbons (Fsp3) is 0.417. The number of hydrogen-bond acceptors (Lipinski definition) is 3. The molecule has 0 aliphatic rings. The molecule has 1 aromatic carbocycles. The van der Waals surface area contributed by atoms with Crippen molar-refractivity contribution in [2.75, 3.05) is 23.7 Å². The number of amides is 1. The second-order valence-corrected chi connectivity index (χ2v) is 6.95. The second-order valence-electron chi connectivity index (χ2n) is 4.17. The molecule has 0 aliphatic heterocycles. The first-order valence-electron chi connectivity index (χ1n) is 5.94. The molecule has 112 valence electrons. The van der Waals surface area contributed by atoms with Gasteiger partial charge in [0.15, 0.2) is 0 Å². The lowest BCUT2D eigenvalue weighted by atomic mass is 10.3. The van der Waals surface area contributed by atoms with Crippen LogP contribution in [0.1, 0.15) is 13.3 Å². The van der Waals surface area contributed by atoms with E-state index in [-0.39, 0.29) is 19.0 Å². The summed E-state index contributed by atoms with van der Waals surface area (Å²) >= 11 is 11.8. The van der Waals surface area contributed by atoms with Gasteiger partial charge in [-0.25, -0.2) is 8.42 Å². The van der Waals surface area contributed by atoms with E-state index in [2.05, 4.69) is 5.32 Å². The van der Waals surface area contributed by atoms with E-state index in [1.807, 2.05) is 0 Å². The van der Waals surface area contributed by atoms with E-state index in [1.54, 1.807) is 6.92 Å². The van der Waals surface area contributed by atoms with Crippen molar-refractivity contribution < 1.29 is 13.2 Å². The average molecular weight is 339 g/mol. The minimum atomic E-state index is -3.49. The molecule has 0 bridgehead atoms. The van der Waals surface area contributed by atoms with Crippen molar-refractivity contribution in [1.29, 1.82) is 0 Å². The zero-order valence-electron chi connectivity index (χ0n) is 11.2. The first-order valence-corrected chi connectivity index (χ1v) is 8.55. The molecule has 1 N–H and O–H groups in total. The normalized spacial score (nSPS) is 11.2. The highest BCUT2D eigenvalue weighted by Gasteiger charge is 2.18. The molecule has 0 aliphatic carbocycles. The molecular weight excluding hydrogens is 323 g/mol. The molecular formula is C12H16Cl2N2O3S. The van der Waals surface area contributed by atoms with Gasteiger partial charge in [0.25, 0.3) is 0 Å². The van der Waals surface area contributed by atoms with Gasteiger partial charge in [0.2, 0.25) is 15.9 Å². The monoisotopic (exact) mass is 338 g/mol. The highest BCUT2D eigenvalue weighted by atomic mass is 35.5. The maximum Gasteiger partial charge on any atom is 0.232 e. The Morgan fingerprint density at radius 3 is 2.25 bits per heavy atom. The van der Waals surface area contributed by atoms with E-state index >= 15 is 0 Å². The van der Waals surface area contributed by atoms with E-state index < -0.39 is 10.0 Å². The summed E-state index contributed by atoms with van der Waals surface area (Å²) in [5, 5.41) is 3.31. The maximum absolute atomic E-state index is 11.8. The topological polar surface area (TPSA) is 66.5 Å². The number of nitrogens with one attached hydrogen (secondary N) is 1. The summed E-state index contributed by atoms with van der Waals surface area (Å²) in [6.07, 6.45) is 1.44. The largest absolute Gasteiger partial charge is 0.354 e. The first kappa shape index (κ1) is 17.1. The number of carbonyl (C=O) groups excluding carboxylic acids is 1. The number of halogens is 2. The van der Waals surface area contributed by atoms with Gasteiger partial charge in [-0.05, 0) is 18.2 Å². The molecule has 0 aromatic heterocycles. The fourth-order valence-corrected chi connectivity index (χ4v) is 3.02. The van der Waals surface area contributed by atoms with Crippen LogP contribution in [0.5, 0.6) is 0 Å². The van der Waals surface area contributed by atoms with E-state index in [1.165, 1.54) is 18.2 Å². The van der Waals surface area contributed by atoms with Crippen molar-refractivity contribution in [3.05, 3.63) is 28.2 Å². The molecule has 0 unspecified atom stereocenters. The van der Waals surface area contributed by atoms with E-state index in [4.69, 9.17) is 23.2 Å². The van der Waals surface area contributed by atoms with Gasteiger partial charge in [-0.3, -0.25) is 9.10 Å². The molecule has 1 rings (SSSR count). The molecule has 8 heteroatoms. The van der Waals surface area contributed by atoms with E-state index in [0.717, 1.165) is 10.6 Å². The zero-order valence-corrected chi connectivity index (χ0v) is 13.5. The highest BCUT2D eigenvalue weighted by molar-refractivity contribution is 7.92. The molecule has 0 saturated carbocycles. The number of sulfonamides is 1. The van der Waals surface area contributed by atoms with Crippen molar-refractivity contribution >= 4 is 44.8 Å². The maximum atomic E-state index is 11.8. The van der Waals surface area contributed by atoms with Crippen LogP contribution in [0.4, 0.5) is 5.69 Å². The first-order chi connectivity index (χ1) is 9.24. The molecule has 0 spiro atoms. The van der Waals surface area contributed by atoms with Gasteiger partial charge in [-0.2, -0.15) is 0 Å². The van der Waals surface area contributed by atoms with Gasteiger partial charge in [-0.1, -0.05) is 30.1 Å². The van der Waals surface area contributed by atoms with Crippen LogP contribution in [0.15, 0.2) is 18.2 Å². The quantitative estimate of drug-likeness (QED) is 0.865. The molecule has 0 fully saturated rings. The van der Waals surface area contributed by atoms with Crippen molar-refractivity contribution in [2.24, 2.45) is 0 Å². The summed E-state index contributed by atoms with van der Waals surface area (Å²) in [4.78, 5) is 11.2. The van der Waals surface area contributed by atoms with Gasteiger partial charge >= 0.3 is 0 Å². The Kier molecular flexibility index (Phi) is 6.10. The number of hydrogen-bond donors (Lipinski definition) is 1. The van der Waals surface area contributed by atoms with Crippen LogP contribution < -0.4 is 9.62 Å². The van der Waals surface area contributed by atoms with Crippen LogP contribution in [0.2, 0.25) is 10.0 Å². The summed E-state index contributed by atoms with van der Waals surface area (Å²) in [5.41, 5.74) is 0.371. The number of benzene rings is 1. The molecule has 5 nitrogen and oxygen atoms in total. The molecule has 0 saturated heterocycles. The fourth-order valence-electron chi connectivity index (χ4n) is 1.59. The Hall–Kier alpha value is -0.980. The summed E-state index contributed by atoms with van der Waals surface area (Å²) in [6.45, 7) is 2.05. The van der Waals surface area contributed by atoms with Crippen molar-refractivity contribution in [2.45, 2.75) is 13.3 Å². The lowest BCUT2D eigenvalue weighted by Gasteiger charge is -2.23. The zero-order chi connectivity index (χ0) is 15.3. The molecule has 0 radical (unpaired) electrons. The Labute approximate surface area is 128 Å². The van der Waals surface area contributed by atoms with Gasteiger partial charge in [0.1, 0.15) is 0 Å². The van der Waals surface area contributed by atoms with Crippen molar-refractivity contribution in [1.82, 2.24) is 5.32 Å². The molecule has 20 heavy (non-hydrogen) atoms. The SMILES string of the molecule is CCC(=O)NCCN(c1cc(Cl)cc(Cl)c1)S(C)(=O)=O. The lowest BCUT2D eigenvalue weighted by molar-refractivity contribution is -0.120. The summed E-state index contributed by atoms with van der Waals surface area (Å²) in [6, 6.07) is 4.54. The van der Waals surface area contributed by atoms with Crippen LogP contribution >= 0.6 is 23.2 Å². The third-order valence-electron chi connectivity index (χ3n) is 2.49. The van der Waals surface area contributed by atoms with Gasteiger partial charge in [-0.15, -0.1) is 0 Å². The van der Waals surface area contributed by atoms with E-state index in [0.29, 0.717) is 22.2 Å². The molecule has 1 aromatic rings. The molecule has 0 atom stereocenters. The third-order valence-corrected chi connectivity index (χ3v) is 4.12. The number of rotatable bonds is 6. The van der Waals surface area contributed by atoms with Crippen molar-refractivity contribution in [3.63, 3.8) is 0 Å². The predicted octanol–water partition coefficient (Wildman–Crippen LogP) is 2.29. The Balaban J connectivity index is 2.93. The van der Waals surface area contributed by atoms with E-state index in [9.17, 15) is 13.2 Å².